The Morgan fingerprint density at radius 1 is 1.35 bits per heavy atom. The van der Waals surface area contributed by atoms with Crippen LogP contribution in [0, 0.1) is 5.92 Å². The summed E-state index contributed by atoms with van der Waals surface area (Å²) < 4.78 is 0. The average molecular weight is 281 g/mol. The maximum atomic E-state index is 10.9. The Morgan fingerprint density at radius 3 is 2.70 bits per heavy atom. The van der Waals surface area contributed by atoms with Gasteiger partial charge in [-0.15, -0.1) is 0 Å². The lowest BCUT2D eigenvalue weighted by Crippen LogP contribution is -2.44. The van der Waals surface area contributed by atoms with Gasteiger partial charge in [-0.3, -0.25) is 4.79 Å². The second-order valence-corrected chi connectivity index (χ2v) is 6.37. The number of aliphatic carboxylic acids is 1. The van der Waals surface area contributed by atoms with Gasteiger partial charge in [-0.2, -0.15) is 0 Å². The van der Waals surface area contributed by atoms with Gasteiger partial charge in [0, 0.05) is 6.54 Å². The van der Waals surface area contributed by atoms with Crippen molar-refractivity contribution < 1.29 is 15.0 Å². The summed E-state index contributed by atoms with van der Waals surface area (Å²) in [5.74, 6) is -0.980. The zero-order chi connectivity index (χ0) is 14.4. The number of carboxylic acids is 1. The van der Waals surface area contributed by atoms with Crippen LogP contribution in [-0.2, 0) is 4.79 Å². The Morgan fingerprint density at radius 2 is 2.10 bits per heavy atom. The highest BCUT2D eigenvalue weighted by atomic mass is 16.4. The second-order valence-electron chi connectivity index (χ2n) is 6.37. The number of carbonyl (C=O) groups is 1. The SMILES string of the molecule is O=C(O)C1CCC(O)(CNCCC2=CCCCC2)CC1. The summed E-state index contributed by atoms with van der Waals surface area (Å²) in [5.41, 5.74) is 0.845. The molecule has 0 aromatic heterocycles. The summed E-state index contributed by atoms with van der Waals surface area (Å²) in [6, 6.07) is 0. The lowest BCUT2D eigenvalue weighted by atomic mass is 9.79. The first kappa shape index (κ1) is 15.5. The van der Waals surface area contributed by atoms with Crippen molar-refractivity contribution in [2.75, 3.05) is 13.1 Å². The van der Waals surface area contributed by atoms with E-state index in [9.17, 15) is 9.90 Å². The fraction of sp³-hybridized carbons (Fsp3) is 0.812. The highest BCUT2D eigenvalue weighted by Crippen LogP contribution is 2.31. The van der Waals surface area contributed by atoms with E-state index in [1.807, 2.05) is 0 Å². The molecule has 4 heteroatoms. The quantitative estimate of drug-likeness (QED) is 0.517. The van der Waals surface area contributed by atoms with E-state index in [2.05, 4.69) is 11.4 Å². The minimum absolute atomic E-state index is 0.261. The first-order valence-electron chi connectivity index (χ1n) is 7.93. The zero-order valence-corrected chi connectivity index (χ0v) is 12.2. The van der Waals surface area contributed by atoms with Crippen LogP contribution in [0.3, 0.4) is 0 Å². The molecule has 2 rings (SSSR count). The fourth-order valence-electron chi connectivity index (χ4n) is 3.28. The number of carboxylic acid groups (broad SMARTS) is 1. The van der Waals surface area contributed by atoms with Gasteiger partial charge in [0.25, 0.3) is 0 Å². The van der Waals surface area contributed by atoms with E-state index in [0.717, 1.165) is 13.0 Å². The zero-order valence-electron chi connectivity index (χ0n) is 12.2. The number of aliphatic hydroxyl groups is 1. The van der Waals surface area contributed by atoms with Crippen molar-refractivity contribution in [3.8, 4) is 0 Å². The molecule has 1 saturated carbocycles. The number of rotatable bonds is 6. The molecule has 0 spiro atoms. The van der Waals surface area contributed by atoms with E-state index in [4.69, 9.17) is 5.11 Å². The Bertz CT molecular complexity index is 357. The molecule has 2 aliphatic carbocycles. The fourth-order valence-corrected chi connectivity index (χ4v) is 3.28. The Hall–Kier alpha value is -0.870. The van der Waals surface area contributed by atoms with Gasteiger partial charge in [0.15, 0.2) is 0 Å². The molecule has 0 unspecified atom stereocenters. The summed E-state index contributed by atoms with van der Waals surface area (Å²) in [6.07, 6.45) is 10.9. The minimum atomic E-state index is -0.718. The van der Waals surface area contributed by atoms with Crippen molar-refractivity contribution in [1.82, 2.24) is 5.32 Å². The van der Waals surface area contributed by atoms with E-state index in [1.54, 1.807) is 5.57 Å². The standard InChI is InChI=1S/C16H27NO3/c18-15(19)14-6-9-16(20,10-7-14)12-17-11-8-13-4-2-1-3-5-13/h4,14,17,20H,1-3,5-12H2,(H,18,19). The average Bonchev–Trinajstić information content (AvgIpc) is 2.45. The molecule has 0 radical (unpaired) electrons. The molecule has 0 aromatic carbocycles. The molecule has 0 atom stereocenters. The van der Waals surface area contributed by atoms with Gasteiger partial charge in [0.05, 0.1) is 11.5 Å². The summed E-state index contributed by atoms with van der Waals surface area (Å²) in [7, 11) is 0. The topological polar surface area (TPSA) is 69.6 Å². The number of nitrogens with one attached hydrogen (secondary N) is 1. The molecular weight excluding hydrogens is 254 g/mol. The molecule has 0 amide bonds. The van der Waals surface area contributed by atoms with Crippen LogP contribution in [0.4, 0.5) is 0 Å². The lowest BCUT2D eigenvalue weighted by Gasteiger charge is -2.34. The molecule has 0 aliphatic heterocycles. The Labute approximate surface area is 121 Å². The van der Waals surface area contributed by atoms with Gasteiger partial charge in [-0.05, 0) is 64.3 Å². The minimum Gasteiger partial charge on any atom is -0.481 e. The van der Waals surface area contributed by atoms with Crippen LogP contribution in [0.25, 0.3) is 0 Å². The van der Waals surface area contributed by atoms with Gasteiger partial charge in [-0.25, -0.2) is 0 Å². The van der Waals surface area contributed by atoms with E-state index in [1.165, 1.54) is 25.7 Å². The van der Waals surface area contributed by atoms with Crippen molar-refractivity contribution in [2.45, 2.75) is 63.4 Å². The summed E-state index contributed by atoms with van der Waals surface area (Å²) in [4.78, 5) is 10.9. The van der Waals surface area contributed by atoms with E-state index < -0.39 is 11.6 Å². The molecule has 0 saturated heterocycles. The third-order valence-electron chi connectivity index (χ3n) is 4.73. The molecule has 0 aromatic rings. The largest absolute Gasteiger partial charge is 0.481 e. The van der Waals surface area contributed by atoms with Crippen molar-refractivity contribution >= 4 is 5.97 Å². The highest BCUT2D eigenvalue weighted by molar-refractivity contribution is 5.70. The second kappa shape index (κ2) is 7.23. The van der Waals surface area contributed by atoms with Crippen molar-refractivity contribution in [3.63, 3.8) is 0 Å². The number of allylic oxidation sites excluding steroid dienone is 1. The van der Waals surface area contributed by atoms with E-state index in [-0.39, 0.29) is 5.92 Å². The third-order valence-corrected chi connectivity index (χ3v) is 4.73. The predicted molar refractivity (Wildman–Crippen MR) is 78.6 cm³/mol. The maximum Gasteiger partial charge on any atom is 0.306 e. The van der Waals surface area contributed by atoms with Gasteiger partial charge in [-0.1, -0.05) is 11.6 Å². The van der Waals surface area contributed by atoms with Crippen LogP contribution in [0.2, 0.25) is 0 Å². The van der Waals surface area contributed by atoms with Crippen LogP contribution in [-0.4, -0.2) is 34.9 Å². The smallest absolute Gasteiger partial charge is 0.306 e. The molecule has 0 heterocycles. The van der Waals surface area contributed by atoms with E-state index >= 15 is 0 Å². The van der Waals surface area contributed by atoms with Crippen molar-refractivity contribution in [3.05, 3.63) is 11.6 Å². The molecule has 114 valence electrons. The summed E-state index contributed by atoms with van der Waals surface area (Å²) in [5, 5.41) is 22.7. The Kier molecular flexibility index (Phi) is 5.61. The van der Waals surface area contributed by atoms with Crippen molar-refractivity contribution in [1.29, 1.82) is 0 Å². The van der Waals surface area contributed by atoms with Crippen molar-refractivity contribution in [2.24, 2.45) is 5.92 Å². The first-order chi connectivity index (χ1) is 9.59. The molecule has 4 nitrogen and oxygen atoms in total. The third kappa shape index (κ3) is 4.60. The summed E-state index contributed by atoms with van der Waals surface area (Å²) in [6.45, 7) is 1.50. The molecule has 2 aliphatic rings. The van der Waals surface area contributed by atoms with Crippen LogP contribution in [0.15, 0.2) is 11.6 Å². The van der Waals surface area contributed by atoms with Crippen LogP contribution in [0.5, 0.6) is 0 Å². The van der Waals surface area contributed by atoms with Gasteiger partial charge < -0.3 is 15.5 Å². The summed E-state index contributed by atoms with van der Waals surface area (Å²) >= 11 is 0. The first-order valence-corrected chi connectivity index (χ1v) is 7.93. The highest BCUT2D eigenvalue weighted by Gasteiger charge is 2.35. The van der Waals surface area contributed by atoms with Gasteiger partial charge in [0.2, 0.25) is 0 Å². The number of hydrogen-bond donors (Lipinski definition) is 3. The molecule has 20 heavy (non-hydrogen) atoms. The lowest BCUT2D eigenvalue weighted by molar-refractivity contribution is -0.144. The van der Waals surface area contributed by atoms with Crippen LogP contribution < -0.4 is 5.32 Å². The number of hydrogen-bond acceptors (Lipinski definition) is 3. The molecule has 0 bridgehead atoms. The predicted octanol–water partition coefficient (Wildman–Crippen LogP) is 2.47. The molecular formula is C16H27NO3. The molecule has 3 N–H and O–H groups in total. The van der Waals surface area contributed by atoms with E-state index in [0.29, 0.717) is 32.2 Å². The van der Waals surface area contributed by atoms with Crippen LogP contribution >= 0.6 is 0 Å². The maximum absolute atomic E-state index is 10.9. The Balaban J connectivity index is 1.63. The molecule has 1 fully saturated rings. The van der Waals surface area contributed by atoms with Gasteiger partial charge in [0.1, 0.15) is 0 Å². The van der Waals surface area contributed by atoms with Crippen LogP contribution in [0.1, 0.15) is 57.8 Å². The monoisotopic (exact) mass is 281 g/mol. The normalized spacial score (nSPS) is 30.9. The van der Waals surface area contributed by atoms with Gasteiger partial charge >= 0.3 is 5.97 Å².